The summed E-state index contributed by atoms with van der Waals surface area (Å²) in [5.41, 5.74) is 0. The number of carbonyl (C=O) groups excluding carboxylic acids is 2. The Labute approximate surface area is 180 Å². The largest absolute Gasteiger partial charge is 0.352 e. The van der Waals surface area contributed by atoms with Gasteiger partial charge in [0.2, 0.25) is 11.8 Å². The second-order valence-corrected chi connectivity index (χ2v) is 10.3. The van der Waals surface area contributed by atoms with Crippen LogP contribution in [0.3, 0.4) is 0 Å². The number of carbonyl (C=O) groups is 2. The molecule has 8 atom stereocenters. The van der Waals surface area contributed by atoms with Crippen LogP contribution < -0.4 is 10.6 Å². The summed E-state index contributed by atoms with van der Waals surface area (Å²) in [6.07, 6.45) is 6.71. The van der Waals surface area contributed by atoms with Gasteiger partial charge in [0.05, 0.1) is 6.04 Å². The van der Waals surface area contributed by atoms with Crippen molar-refractivity contribution in [1.82, 2.24) is 20.4 Å². The van der Waals surface area contributed by atoms with Crippen LogP contribution in [-0.2, 0) is 9.59 Å². The summed E-state index contributed by atoms with van der Waals surface area (Å²) < 4.78 is 14.4. The second kappa shape index (κ2) is 9.11. The third kappa shape index (κ3) is 4.52. The predicted molar refractivity (Wildman–Crippen MR) is 115 cm³/mol. The van der Waals surface area contributed by atoms with Crippen molar-refractivity contribution in [3.05, 3.63) is 0 Å². The van der Waals surface area contributed by atoms with Crippen molar-refractivity contribution in [2.75, 3.05) is 20.1 Å². The van der Waals surface area contributed by atoms with Crippen molar-refractivity contribution >= 4 is 11.8 Å². The summed E-state index contributed by atoms with van der Waals surface area (Å²) in [5.74, 6) is 0.619. The maximum atomic E-state index is 14.4. The van der Waals surface area contributed by atoms with Crippen molar-refractivity contribution in [3.8, 4) is 0 Å². The summed E-state index contributed by atoms with van der Waals surface area (Å²) in [6, 6.07) is 0.870. The molecule has 0 bridgehead atoms. The molecule has 6 nitrogen and oxygen atoms in total. The van der Waals surface area contributed by atoms with Gasteiger partial charge >= 0.3 is 0 Å². The second-order valence-electron chi connectivity index (χ2n) is 10.3. The number of nitrogens with one attached hydrogen (secondary N) is 2. The van der Waals surface area contributed by atoms with Gasteiger partial charge in [0.15, 0.2) is 0 Å². The lowest BCUT2D eigenvalue weighted by Crippen LogP contribution is -2.51. The van der Waals surface area contributed by atoms with E-state index in [2.05, 4.69) is 22.5 Å². The highest BCUT2D eigenvalue weighted by Crippen LogP contribution is 2.38. The molecule has 0 spiro atoms. The van der Waals surface area contributed by atoms with E-state index in [0.717, 1.165) is 51.6 Å². The lowest BCUT2D eigenvalue weighted by atomic mass is 9.77. The van der Waals surface area contributed by atoms with Crippen LogP contribution in [0.4, 0.5) is 4.39 Å². The number of likely N-dealkylation sites (N-methyl/N-ethyl adjacent to an activating group) is 1. The van der Waals surface area contributed by atoms with E-state index in [1.807, 2.05) is 11.9 Å². The fourth-order valence-corrected chi connectivity index (χ4v) is 6.40. The zero-order chi connectivity index (χ0) is 21.4. The number of hydrogen-bond acceptors (Lipinski definition) is 4. The Kier molecular flexibility index (Phi) is 6.68. The van der Waals surface area contributed by atoms with Gasteiger partial charge in [0.25, 0.3) is 0 Å². The third-order valence-corrected chi connectivity index (χ3v) is 8.40. The van der Waals surface area contributed by atoms with Gasteiger partial charge in [0.1, 0.15) is 6.17 Å². The van der Waals surface area contributed by atoms with Gasteiger partial charge in [-0.25, -0.2) is 4.39 Å². The molecule has 0 radical (unpaired) electrons. The quantitative estimate of drug-likeness (QED) is 0.728. The van der Waals surface area contributed by atoms with Crippen LogP contribution in [-0.4, -0.2) is 78.1 Å². The highest BCUT2D eigenvalue weighted by atomic mass is 19.1. The SMILES string of the molecule is CC(=O)N(C)[C@@H]1CCN([C@H]2CCC[C@@H](NC(=O)C3CC4C(F)CCC(C)C4N3)C2)C1. The minimum atomic E-state index is -0.771. The Hall–Kier alpha value is -1.21. The standard InChI is InChI=1S/C23H39FN4O2/c1-14-7-8-20(24)19-12-21(26-22(14)19)23(30)25-16-5-4-6-17(11-16)28-10-9-18(13-28)27(3)15(2)29/h14,16-22,26H,4-13H2,1-3H3,(H,25,30)/t14?,16-,17+,18-,19?,20?,21?,22?/m1/s1. The van der Waals surface area contributed by atoms with E-state index < -0.39 is 6.17 Å². The van der Waals surface area contributed by atoms with Gasteiger partial charge in [-0.05, 0) is 57.3 Å². The fourth-order valence-electron chi connectivity index (χ4n) is 6.40. The molecular weight excluding hydrogens is 383 g/mol. The first-order valence-corrected chi connectivity index (χ1v) is 12.0. The van der Waals surface area contributed by atoms with Crippen LogP contribution in [0.25, 0.3) is 0 Å². The molecule has 0 aromatic heterocycles. The van der Waals surface area contributed by atoms with Gasteiger partial charge in [-0.3, -0.25) is 14.5 Å². The number of halogens is 1. The molecule has 170 valence electrons. The molecule has 30 heavy (non-hydrogen) atoms. The third-order valence-electron chi connectivity index (χ3n) is 8.40. The Morgan fingerprint density at radius 1 is 1.13 bits per heavy atom. The first kappa shape index (κ1) is 22.0. The zero-order valence-electron chi connectivity index (χ0n) is 18.8. The maximum Gasteiger partial charge on any atom is 0.237 e. The van der Waals surface area contributed by atoms with Crippen LogP contribution in [0.1, 0.15) is 65.2 Å². The number of nitrogens with zero attached hydrogens (tertiary/aromatic N) is 2. The molecule has 2 saturated carbocycles. The average Bonchev–Trinajstić information content (AvgIpc) is 3.39. The van der Waals surface area contributed by atoms with Gasteiger partial charge in [0, 0.05) is 57.1 Å². The van der Waals surface area contributed by atoms with Crippen LogP contribution in [0, 0.1) is 11.8 Å². The highest BCUT2D eigenvalue weighted by Gasteiger charge is 2.46. The van der Waals surface area contributed by atoms with E-state index in [-0.39, 0.29) is 35.9 Å². The van der Waals surface area contributed by atoms with Gasteiger partial charge in [-0.15, -0.1) is 0 Å². The predicted octanol–water partition coefficient (Wildman–Crippen LogP) is 2.08. The molecule has 2 heterocycles. The van der Waals surface area contributed by atoms with Gasteiger partial charge < -0.3 is 15.5 Å². The number of likely N-dealkylation sites (tertiary alicyclic amines) is 1. The molecule has 2 saturated heterocycles. The lowest BCUT2D eigenvalue weighted by Gasteiger charge is -2.36. The smallest absolute Gasteiger partial charge is 0.237 e. The summed E-state index contributed by atoms with van der Waals surface area (Å²) >= 11 is 0. The Bertz CT molecular complexity index is 629. The molecule has 0 aromatic rings. The summed E-state index contributed by atoms with van der Waals surface area (Å²) in [5, 5.41) is 6.75. The molecule has 4 aliphatic rings. The van der Waals surface area contributed by atoms with Crippen LogP contribution in [0.2, 0.25) is 0 Å². The van der Waals surface area contributed by atoms with Gasteiger partial charge in [-0.1, -0.05) is 6.92 Å². The van der Waals surface area contributed by atoms with Crippen molar-refractivity contribution in [3.63, 3.8) is 0 Å². The number of alkyl halides is 1. The Balaban J connectivity index is 1.28. The summed E-state index contributed by atoms with van der Waals surface area (Å²) in [7, 11) is 1.90. The maximum absolute atomic E-state index is 14.4. The Morgan fingerprint density at radius 2 is 1.93 bits per heavy atom. The lowest BCUT2D eigenvalue weighted by molar-refractivity contribution is -0.129. The van der Waals surface area contributed by atoms with E-state index in [4.69, 9.17) is 0 Å². The molecule has 7 heteroatoms. The van der Waals surface area contributed by atoms with Crippen molar-refractivity contribution in [1.29, 1.82) is 0 Å². The van der Waals surface area contributed by atoms with Gasteiger partial charge in [-0.2, -0.15) is 0 Å². The first-order chi connectivity index (χ1) is 14.3. The highest BCUT2D eigenvalue weighted by molar-refractivity contribution is 5.82. The minimum Gasteiger partial charge on any atom is -0.352 e. The number of rotatable bonds is 4. The summed E-state index contributed by atoms with van der Waals surface area (Å²) in [4.78, 5) is 29.0. The summed E-state index contributed by atoms with van der Waals surface area (Å²) in [6.45, 7) is 5.77. The number of amides is 2. The molecule has 2 N–H and O–H groups in total. The number of hydrogen-bond donors (Lipinski definition) is 2. The molecule has 2 amide bonds. The Morgan fingerprint density at radius 3 is 2.67 bits per heavy atom. The molecule has 2 aliphatic carbocycles. The van der Waals surface area contributed by atoms with E-state index in [0.29, 0.717) is 30.8 Å². The monoisotopic (exact) mass is 422 g/mol. The molecule has 4 rings (SSSR count). The van der Waals surface area contributed by atoms with E-state index in [1.54, 1.807) is 6.92 Å². The molecule has 5 unspecified atom stereocenters. The van der Waals surface area contributed by atoms with Crippen LogP contribution in [0.15, 0.2) is 0 Å². The molecule has 0 aromatic carbocycles. The van der Waals surface area contributed by atoms with Crippen LogP contribution in [0.5, 0.6) is 0 Å². The van der Waals surface area contributed by atoms with Crippen LogP contribution >= 0.6 is 0 Å². The zero-order valence-corrected chi connectivity index (χ0v) is 18.8. The van der Waals surface area contributed by atoms with E-state index >= 15 is 0 Å². The van der Waals surface area contributed by atoms with Crippen molar-refractivity contribution in [2.24, 2.45) is 11.8 Å². The first-order valence-electron chi connectivity index (χ1n) is 12.0. The number of fused-ring (bicyclic) bond motifs is 1. The average molecular weight is 423 g/mol. The van der Waals surface area contributed by atoms with Crippen molar-refractivity contribution < 1.29 is 14.0 Å². The topological polar surface area (TPSA) is 64.7 Å². The normalized spacial score (nSPS) is 42.0. The minimum absolute atomic E-state index is 0.0107. The molecule has 4 fully saturated rings. The molecule has 2 aliphatic heterocycles. The fraction of sp³-hybridized carbons (Fsp3) is 0.913. The molecular formula is C23H39FN4O2. The van der Waals surface area contributed by atoms with E-state index in [9.17, 15) is 14.0 Å². The van der Waals surface area contributed by atoms with E-state index in [1.165, 1.54) is 0 Å². The van der Waals surface area contributed by atoms with Crippen molar-refractivity contribution in [2.45, 2.75) is 102 Å².